The summed E-state index contributed by atoms with van der Waals surface area (Å²) < 4.78 is 2.52. The van der Waals surface area contributed by atoms with Gasteiger partial charge < -0.3 is 4.57 Å². The van der Waals surface area contributed by atoms with E-state index in [4.69, 9.17) is 0 Å². The van der Waals surface area contributed by atoms with Crippen molar-refractivity contribution in [1.82, 2.24) is 4.57 Å². The molecule has 0 saturated carbocycles. The fourth-order valence-electron chi connectivity index (χ4n) is 9.66. The van der Waals surface area contributed by atoms with E-state index in [1.807, 2.05) is 11.8 Å². The van der Waals surface area contributed by atoms with E-state index in [1.165, 1.54) is 97.6 Å². The molecule has 1 aliphatic carbocycles. The predicted octanol–water partition coefficient (Wildman–Crippen LogP) is 13.6. The molecule has 0 N–H and O–H groups in total. The third-order valence-electron chi connectivity index (χ3n) is 11.8. The zero-order chi connectivity index (χ0) is 34.7. The highest BCUT2D eigenvalue weighted by molar-refractivity contribution is 7.99. The average Bonchev–Trinajstić information content (AvgIpc) is 3.71. The molecule has 9 aromatic carbocycles. The van der Waals surface area contributed by atoms with Crippen molar-refractivity contribution in [3.8, 4) is 27.9 Å². The summed E-state index contributed by atoms with van der Waals surface area (Å²) in [6.07, 6.45) is 0. The highest BCUT2D eigenvalue weighted by Gasteiger charge is 2.50. The van der Waals surface area contributed by atoms with Crippen molar-refractivity contribution in [2.75, 3.05) is 0 Å². The zero-order valence-electron chi connectivity index (χ0n) is 28.8. The Morgan fingerprint density at radius 3 is 1.75 bits per heavy atom. The first kappa shape index (κ1) is 29.3. The minimum absolute atomic E-state index is 0.413. The molecule has 1 aromatic heterocycles. The van der Waals surface area contributed by atoms with Crippen LogP contribution in [0.25, 0.3) is 71.3 Å². The Morgan fingerprint density at radius 2 is 0.981 bits per heavy atom. The van der Waals surface area contributed by atoms with Gasteiger partial charge in [-0.25, -0.2) is 0 Å². The van der Waals surface area contributed by atoms with Gasteiger partial charge >= 0.3 is 0 Å². The molecule has 0 unspecified atom stereocenters. The number of nitrogens with zero attached hydrogens (tertiary/aromatic N) is 1. The molecular weight excluding hydrogens is 659 g/mol. The summed E-state index contributed by atoms with van der Waals surface area (Å²) >= 11 is 1.91. The molecule has 2 heteroatoms. The van der Waals surface area contributed by atoms with Crippen LogP contribution >= 0.6 is 11.8 Å². The van der Waals surface area contributed by atoms with Gasteiger partial charge in [0.25, 0.3) is 0 Å². The van der Waals surface area contributed by atoms with Gasteiger partial charge in [-0.3, -0.25) is 0 Å². The molecule has 0 saturated heterocycles. The third kappa shape index (κ3) is 3.88. The molecule has 246 valence electrons. The van der Waals surface area contributed by atoms with Crippen LogP contribution in [0.4, 0.5) is 0 Å². The van der Waals surface area contributed by atoms with Crippen molar-refractivity contribution in [3.05, 3.63) is 210 Å². The molecule has 0 bridgehead atoms. The SMILES string of the molecule is c1ccc2c(c1)Sc1cc3c(cc1C21c2ccccc2-c2ccccc21)c1ccc2ccccc2c1n3-c1ccc(-c2cccc3ccccc23)cc1. The van der Waals surface area contributed by atoms with E-state index in [9.17, 15) is 0 Å². The number of hydrogen-bond donors (Lipinski definition) is 0. The molecule has 0 fully saturated rings. The lowest BCUT2D eigenvalue weighted by Gasteiger charge is -2.39. The Morgan fingerprint density at radius 1 is 0.377 bits per heavy atom. The van der Waals surface area contributed by atoms with Crippen LogP contribution in [0.1, 0.15) is 22.3 Å². The maximum Gasteiger partial charge on any atom is 0.0735 e. The van der Waals surface area contributed by atoms with E-state index in [0.717, 1.165) is 5.69 Å². The lowest BCUT2D eigenvalue weighted by Crippen LogP contribution is -2.31. The molecule has 1 aliphatic heterocycles. The van der Waals surface area contributed by atoms with Gasteiger partial charge in [-0.2, -0.15) is 0 Å². The quantitative estimate of drug-likeness (QED) is 0.175. The lowest BCUT2D eigenvalue weighted by atomic mass is 9.67. The standard InChI is InChI=1S/C51H31NS/c1-3-15-36-32(12-1)14-11-19-37(36)34-24-27-35(28-25-34)52-47-31-49-46(30-42(47)41-29-26-33-13-2-4-16-38(33)50(41)52)51(45-22-9-10-23-48(45)53-49)43-20-7-5-17-39(43)40-18-6-8-21-44(40)51/h1-31H. The van der Waals surface area contributed by atoms with Crippen LogP contribution in [0.2, 0.25) is 0 Å². The molecular formula is C51H31NS. The molecule has 0 radical (unpaired) electrons. The number of fused-ring (bicyclic) bond motifs is 15. The molecule has 0 atom stereocenters. The van der Waals surface area contributed by atoms with Crippen LogP contribution in [-0.2, 0) is 5.41 Å². The Balaban J connectivity index is 1.17. The van der Waals surface area contributed by atoms with E-state index in [-0.39, 0.29) is 0 Å². The second-order valence-corrected chi connectivity index (χ2v) is 15.5. The minimum Gasteiger partial charge on any atom is -0.309 e. The van der Waals surface area contributed by atoms with E-state index >= 15 is 0 Å². The summed E-state index contributed by atoms with van der Waals surface area (Å²) in [5.74, 6) is 0. The van der Waals surface area contributed by atoms with Crippen LogP contribution < -0.4 is 0 Å². The number of benzene rings is 9. The van der Waals surface area contributed by atoms with E-state index in [2.05, 4.69) is 193 Å². The zero-order valence-corrected chi connectivity index (χ0v) is 29.6. The van der Waals surface area contributed by atoms with Gasteiger partial charge in [0.05, 0.1) is 16.4 Å². The van der Waals surface area contributed by atoms with Gasteiger partial charge in [0.15, 0.2) is 0 Å². The van der Waals surface area contributed by atoms with Crippen molar-refractivity contribution in [2.45, 2.75) is 15.2 Å². The second-order valence-electron chi connectivity index (χ2n) is 14.4. The predicted molar refractivity (Wildman–Crippen MR) is 223 cm³/mol. The highest BCUT2D eigenvalue weighted by atomic mass is 32.2. The number of aromatic nitrogens is 1. The first-order chi connectivity index (χ1) is 26.3. The van der Waals surface area contributed by atoms with Crippen LogP contribution in [0.5, 0.6) is 0 Å². The second kappa shape index (κ2) is 10.8. The van der Waals surface area contributed by atoms with Gasteiger partial charge in [-0.1, -0.05) is 169 Å². The van der Waals surface area contributed by atoms with Gasteiger partial charge in [0, 0.05) is 31.6 Å². The molecule has 2 heterocycles. The van der Waals surface area contributed by atoms with Crippen LogP contribution in [0.3, 0.4) is 0 Å². The van der Waals surface area contributed by atoms with Crippen LogP contribution in [0.15, 0.2) is 198 Å². The summed E-state index contributed by atoms with van der Waals surface area (Å²) in [5, 5.41) is 7.61. The highest BCUT2D eigenvalue weighted by Crippen LogP contribution is 2.62. The Hall–Kier alpha value is -6.35. The number of hydrogen-bond acceptors (Lipinski definition) is 1. The maximum atomic E-state index is 2.55. The summed E-state index contributed by atoms with van der Waals surface area (Å²) in [7, 11) is 0. The maximum absolute atomic E-state index is 2.55. The molecule has 2 aliphatic rings. The van der Waals surface area contributed by atoms with Crippen LogP contribution in [0, 0.1) is 0 Å². The first-order valence-corrected chi connectivity index (χ1v) is 19.2. The van der Waals surface area contributed by atoms with Gasteiger partial charge in [-0.15, -0.1) is 0 Å². The Bertz CT molecular complexity index is 3100. The topological polar surface area (TPSA) is 4.93 Å². The molecule has 10 aromatic rings. The fourth-order valence-corrected chi connectivity index (χ4v) is 10.9. The van der Waals surface area contributed by atoms with Gasteiger partial charge in [0.1, 0.15) is 0 Å². The molecule has 53 heavy (non-hydrogen) atoms. The number of rotatable bonds is 2. The summed E-state index contributed by atoms with van der Waals surface area (Å²) in [4.78, 5) is 2.63. The molecule has 0 amide bonds. The first-order valence-electron chi connectivity index (χ1n) is 18.3. The van der Waals surface area contributed by atoms with E-state index in [0.29, 0.717) is 0 Å². The van der Waals surface area contributed by atoms with Crippen molar-refractivity contribution in [3.63, 3.8) is 0 Å². The average molecular weight is 690 g/mol. The molecule has 1 nitrogen and oxygen atoms in total. The van der Waals surface area contributed by atoms with Crippen molar-refractivity contribution in [1.29, 1.82) is 0 Å². The monoisotopic (exact) mass is 689 g/mol. The smallest absolute Gasteiger partial charge is 0.0735 e. The van der Waals surface area contributed by atoms with Crippen molar-refractivity contribution < 1.29 is 0 Å². The fraction of sp³-hybridized carbons (Fsp3) is 0.0196. The third-order valence-corrected chi connectivity index (χ3v) is 13.0. The van der Waals surface area contributed by atoms with Gasteiger partial charge in [0.2, 0.25) is 0 Å². The summed E-state index contributed by atoms with van der Waals surface area (Å²) in [5.41, 5.74) is 13.8. The van der Waals surface area contributed by atoms with E-state index in [1.54, 1.807) is 0 Å². The van der Waals surface area contributed by atoms with Crippen molar-refractivity contribution in [2.24, 2.45) is 0 Å². The Kier molecular flexibility index (Phi) is 5.98. The molecule has 12 rings (SSSR count). The van der Waals surface area contributed by atoms with Gasteiger partial charge in [-0.05, 0) is 91.0 Å². The van der Waals surface area contributed by atoms with E-state index < -0.39 is 5.41 Å². The summed E-state index contributed by atoms with van der Waals surface area (Å²) in [6.45, 7) is 0. The summed E-state index contributed by atoms with van der Waals surface area (Å²) in [6, 6.07) is 70.2. The largest absolute Gasteiger partial charge is 0.309 e. The Labute approximate surface area is 311 Å². The lowest BCUT2D eigenvalue weighted by molar-refractivity contribution is 0.724. The minimum atomic E-state index is -0.413. The normalized spacial score (nSPS) is 13.7. The van der Waals surface area contributed by atoms with Crippen LogP contribution in [-0.4, -0.2) is 4.57 Å². The van der Waals surface area contributed by atoms with Crippen molar-refractivity contribution >= 4 is 55.1 Å². The molecule has 1 spiro atoms.